The topological polar surface area (TPSA) is 69.7 Å². The Labute approximate surface area is 147 Å². The van der Waals surface area contributed by atoms with E-state index < -0.39 is 6.10 Å². The molecule has 0 aliphatic carbocycles. The van der Waals surface area contributed by atoms with Crippen LogP contribution in [-0.4, -0.2) is 24.1 Å². The van der Waals surface area contributed by atoms with Crippen molar-refractivity contribution in [1.29, 1.82) is 0 Å². The Morgan fingerprint density at radius 3 is 2.64 bits per heavy atom. The van der Waals surface area contributed by atoms with Gasteiger partial charge in [-0.3, -0.25) is 9.63 Å². The van der Waals surface area contributed by atoms with Crippen molar-refractivity contribution in [3.8, 4) is 16.7 Å². The van der Waals surface area contributed by atoms with Crippen molar-refractivity contribution in [1.82, 2.24) is 10.5 Å². The van der Waals surface area contributed by atoms with Gasteiger partial charge in [0.25, 0.3) is 11.1 Å². The number of thiazole rings is 1. The molecule has 130 valence electrons. The van der Waals surface area contributed by atoms with Crippen molar-refractivity contribution in [3.63, 3.8) is 0 Å². The van der Waals surface area contributed by atoms with E-state index in [0.717, 1.165) is 0 Å². The lowest BCUT2D eigenvalue weighted by molar-refractivity contribution is -0.137. The number of halogens is 1. The first kappa shape index (κ1) is 17.1. The van der Waals surface area contributed by atoms with Gasteiger partial charge < -0.3 is 9.47 Å². The van der Waals surface area contributed by atoms with E-state index in [-0.39, 0.29) is 11.7 Å². The minimum atomic E-state index is -0.703. The fourth-order valence-electron chi connectivity index (χ4n) is 2.05. The molecule has 6 nitrogen and oxygen atoms in total. The largest absolute Gasteiger partial charge is 0.481 e. The molecule has 8 heteroatoms. The first-order chi connectivity index (χ1) is 12.0. The molecule has 0 saturated carbocycles. The lowest BCUT2D eigenvalue weighted by Gasteiger charge is -2.13. The lowest BCUT2D eigenvalue weighted by atomic mass is 10.3. The van der Waals surface area contributed by atoms with Crippen LogP contribution < -0.4 is 15.0 Å². The number of hydroxylamine groups is 1. The molecule has 1 aromatic heterocycles. The van der Waals surface area contributed by atoms with Gasteiger partial charge in [-0.25, -0.2) is 14.9 Å². The highest BCUT2D eigenvalue weighted by atomic mass is 32.1. The summed E-state index contributed by atoms with van der Waals surface area (Å²) in [7, 11) is 1.35. The van der Waals surface area contributed by atoms with Crippen LogP contribution in [0.3, 0.4) is 0 Å². The van der Waals surface area contributed by atoms with Crippen LogP contribution in [0.25, 0.3) is 10.2 Å². The molecule has 0 unspecified atom stereocenters. The molecule has 1 heterocycles. The summed E-state index contributed by atoms with van der Waals surface area (Å²) < 4.78 is 25.1. The van der Waals surface area contributed by atoms with Gasteiger partial charge in [-0.15, -0.1) is 0 Å². The van der Waals surface area contributed by atoms with E-state index in [4.69, 9.17) is 9.47 Å². The Hall–Kier alpha value is -2.71. The summed E-state index contributed by atoms with van der Waals surface area (Å²) in [5.41, 5.74) is 2.88. The van der Waals surface area contributed by atoms with Crippen LogP contribution in [0.4, 0.5) is 4.39 Å². The maximum Gasteiger partial charge on any atom is 0.284 e. The normalized spacial score (nSPS) is 12.0. The second kappa shape index (κ2) is 7.45. The number of ether oxygens (including phenoxy) is 2. The minimum Gasteiger partial charge on any atom is -0.481 e. The quantitative estimate of drug-likeness (QED) is 0.678. The van der Waals surface area contributed by atoms with E-state index >= 15 is 0 Å². The molecule has 3 rings (SSSR count). The maximum atomic E-state index is 13.2. The predicted octanol–water partition coefficient (Wildman–Crippen LogP) is 3.67. The summed E-state index contributed by atoms with van der Waals surface area (Å²) in [4.78, 5) is 20.4. The van der Waals surface area contributed by atoms with Crippen molar-refractivity contribution in [3.05, 3.63) is 48.3 Å². The molecule has 2 aromatic carbocycles. The Balaban J connectivity index is 1.66. The first-order valence-corrected chi connectivity index (χ1v) is 8.20. The fraction of sp³-hybridized carbons (Fsp3) is 0.176. The van der Waals surface area contributed by atoms with Crippen LogP contribution in [0.15, 0.2) is 42.5 Å². The molecule has 0 saturated heterocycles. The van der Waals surface area contributed by atoms with E-state index in [1.807, 2.05) is 0 Å². The summed E-state index contributed by atoms with van der Waals surface area (Å²) >= 11 is 1.26. The molecular weight excluding hydrogens is 347 g/mol. The Morgan fingerprint density at radius 1 is 1.20 bits per heavy atom. The molecule has 0 fully saturated rings. The van der Waals surface area contributed by atoms with Crippen LogP contribution in [-0.2, 0) is 9.63 Å². The molecule has 0 spiro atoms. The number of benzene rings is 2. The van der Waals surface area contributed by atoms with E-state index in [0.29, 0.717) is 26.9 Å². The molecule has 1 N–H and O–H groups in total. The third-order valence-electron chi connectivity index (χ3n) is 3.24. The van der Waals surface area contributed by atoms with Gasteiger partial charge in [0.05, 0.1) is 17.3 Å². The number of hydrogen-bond donors (Lipinski definition) is 1. The zero-order valence-electron chi connectivity index (χ0n) is 13.5. The molecule has 1 atom stereocenters. The second-order valence-corrected chi connectivity index (χ2v) is 6.09. The molecule has 0 aliphatic heterocycles. The van der Waals surface area contributed by atoms with E-state index in [2.05, 4.69) is 15.3 Å². The molecule has 3 aromatic rings. The number of nitrogens with one attached hydrogen (secondary N) is 1. The number of amides is 1. The van der Waals surface area contributed by atoms with Crippen molar-refractivity contribution >= 4 is 27.5 Å². The van der Waals surface area contributed by atoms with E-state index in [1.54, 1.807) is 37.3 Å². The number of carbonyl (C=O) groups is 1. The number of hydrogen-bond acceptors (Lipinski definition) is 6. The van der Waals surface area contributed by atoms with E-state index in [1.165, 1.54) is 30.6 Å². The minimum absolute atomic E-state index is 0.309. The SMILES string of the molecule is CONC(=O)[C@@H](C)Oc1ccc(Oc2nc3ccc(F)cc3s2)cc1. The Kier molecular flexibility index (Phi) is 5.11. The molecule has 0 bridgehead atoms. The standard InChI is InChI=1S/C17H15FN2O4S/c1-10(16(21)20-22-2)23-12-4-6-13(7-5-12)24-17-19-14-8-3-11(18)9-15(14)25-17/h3-10H,1-2H3,(H,20,21)/t10-/m1/s1. The van der Waals surface area contributed by atoms with Crippen LogP contribution in [0.1, 0.15) is 6.92 Å². The zero-order chi connectivity index (χ0) is 17.8. The third kappa shape index (κ3) is 4.23. The van der Waals surface area contributed by atoms with Crippen molar-refractivity contribution in [2.75, 3.05) is 7.11 Å². The van der Waals surface area contributed by atoms with Crippen molar-refractivity contribution in [2.45, 2.75) is 13.0 Å². The molecule has 0 radical (unpaired) electrons. The number of fused-ring (bicyclic) bond motifs is 1. The van der Waals surface area contributed by atoms with Gasteiger partial charge in [-0.2, -0.15) is 0 Å². The monoisotopic (exact) mass is 362 g/mol. The molecule has 1 amide bonds. The summed E-state index contributed by atoms with van der Waals surface area (Å²) in [6, 6.07) is 11.1. The third-order valence-corrected chi connectivity index (χ3v) is 4.14. The van der Waals surface area contributed by atoms with Gasteiger partial charge in [0.2, 0.25) is 0 Å². The summed E-state index contributed by atoms with van der Waals surface area (Å²) in [6.07, 6.45) is -0.703. The van der Waals surface area contributed by atoms with Crippen LogP contribution in [0.5, 0.6) is 16.7 Å². The van der Waals surface area contributed by atoms with E-state index in [9.17, 15) is 9.18 Å². The highest BCUT2D eigenvalue weighted by Crippen LogP contribution is 2.32. The Bertz CT molecular complexity index is 882. The lowest BCUT2D eigenvalue weighted by Crippen LogP contribution is -2.35. The highest BCUT2D eigenvalue weighted by molar-refractivity contribution is 7.20. The average molecular weight is 362 g/mol. The zero-order valence-corrected chi connectivity index (χ0v) is 14.3. The predicted molar refractivity (Wildman–Crippen MR) is 91.3 cm³/mol. The summed E-state index contributed by atoms with van der Waals surface area (Å²) in [6.45, 7) is 1.61. The maximum absolute atomic E-state index is 13.2. The molecular formula is C17H15FN2O4S. The number of carbonyl (C=O) groups excluding carboxylic acids is 1. The van der Waals surface area contributed by atoms with Gasteiger partial charge in [-0.05, 0) is 49.4 Å². The average Bonchev–Trinajstić information content (AvgIpc) is 2.98. The Morgan fingerprint density at radius 2 is 1.92 bits per heavy atom. The summed E-state index contributed by atoms with van der Waals surface area (Å²) in [5.74, 6) is 0.374. The van der Waals surface area contributed by atoms with Crippen molar-refractivity contribution < 1.29 is 23.5 Å². The van der Waals surface area contributed by atoms with Crippen LogP contribution >= 0.6 is 11.3 Å². The van der Waals surface area contributed by atoms with Gasteiger partial charge in [0.1, 0.15) is 17.3 Å². The number of rotatable bonds is 6. The second-order valence-electron chi connectivity index (χ2n) is 5.10. The van der Waals surface area contributed by atoms with Gasteiger partial charge in [0, 0.05) is 0 Å². The molecule has 25 heavy (non-hydrogen) atoms. The van der Waals surface area contributed by atoms with Gasteiger partial charge in [-0.1, -0.05) is 11.3 Å². The first-order valence-electron chi connectivity index (χ1n) is 7.38. The number of nitrogens with zero attached hydrogens (tertiary/aromatic N) is 1. The highest BCUT2D eigenvalue weighted by Gasteiger charge is 2.14. The molecule has 0 aliphatic rings. The van der Waals surface area contributed by atoms with Crippen LogP contribution in [0, 0.1) is 5.82 Å². The summed E-state index contributed by atoms with van der Waals surface area (Å²) in [5, 5.41) is 0.419. The van der Waals surface area contributed by atoms with Crippen LogP contribution in [0.2, 0.25) is 0 Å². The van der Waals surface area contributed by atoms with Gasteiger partial charge in [0.15, 0.2) is 6.10 Å². The van der Waals surface area contributed by atoms with Gasteiger partial charge >= 0.3 is 0 Å². The fourth-order valence-corrected chi connectivity index (χ4v) is 2.91. The van der Waals surface area contributed by atoms with Crippen molar-refractivity contribution in [2.24, 2.45) is 0 Å². The smallest absolute Gasteiger partial charge is 0.284 e. The number of aromatic nitrogens is 1.